The number of rotatable bonds is 6. The zero-order valence-corrected chi connectivity index (χ0v) is 9.70. The van der Waals surface area contributed by atoms with Crippen LogP contribution in [0.2, 0.25) is 0 Å². The molecule has 4 nitrogen and oxygen atoms in total. The summed E-state index contributed by atoms with van der Waals surface area (Å²) in [5.74, 6) is 0.0793. The summed E-state index contributed by atoms with van der Waals surface area (Å²) >= 11 is 0. The molecule has 0 aromatic heterocycles. The first-order chi connectivity index (χ1) is 7.72. The monoisotopic (exact) mass is 241 g/mol. The number of aliphatic hydroxyl groups is 1. The standard InChI is InChI=1S/C11H15NO3S/c13-7-4-8-16(15)9-11(14)12-10-5-2-1-3-6-10/h1-3,5-6,13H,4,7-9H2,(H,12,14). The summed E-state index contributed by atoms with van der Waals surface area (Å²) in [7, 11) is -1.20. The van der Waals surface area contributed by atoms with Crippen LogP contribution in [0.4, 0.5) is 5.69 Å². The Morgan fingerprint density at radius 3 is 2.62 bits per heavy atom. The molecule has 0 aliphatic carbocycles. The molecule has 0 saturated heterocycles. The average Bonchev–Trinajstić information content (AvgIpc) is 2.27. The Bertz CT molecular complexity index is 354. The van der Waals surface area contributed by atoms with E-state index in [0.29, 0.717) is 17.9 Å². The first-order valence-electron chi connectivity index (χ1n) is 5.03. The van der Waals surface area contributed by atoms with Gasteiger partial charge in [-0.2, -0.15) is 0 Å². The molecular formula is C11H15NO3S. The van der Waals surface area contributed by atoms with Gasteiger partial charge in [0.1, 0.15) is 5.75 Å². The molecule has 0 radical (unpaired) electrons. The van der Waals surface area contributed by atoms with Crippen LogP contribution in [-0.2, 0) is 15.6 Å². The second kappa shape index (κ2) is 7.14. The molecule has 2 N–H and O–H groups in total. The maximum absolute atomic E-state index is 11.4. The first-order valence-corrected chi connectivity index (χ1v) is 6.52. The van der Waals surface area contributed by atoms with Gasteiger partial charge in [-0.1, -0.05) is 18.2 Å². The van der Waals surface area contributed by atoms with E-state index in [4.69, 9.17) is 5.11 Å². The van der Waals surface area contributed by atoms with E-state index < -0.39 is 10.8 Å². The smallest absolute Gasteiger partial charge is 0.236 e. The van der Waals surface area contributed by atoms with Crippen molar-refractivity contribution in [3.63, 3.8) is 0 Å². The number of carbonyl (C=O) groups excluding carboxylic acids is 1. The van der Waals surface area contributed by atoms with Crippen molar-refractivity contribution in [1.29, 1.82) is 0 Å². The fourth-order valence-corrected chi connectivity index (χ4v) is 2.12. The summed E-state index contributed by atoms with van der Waals surface area (Å²) in [5, 5.41) is 11.2. The largest absolute Gasteiger partial charge is 0.396 e. The Morgan fingerprint density at radius 2 is 2.00 bits per heavy atom. The number of anilines is 1. The maximum Gasteiger partial charge on any atom is 0.236 e. The Kier molecular flexibility index (Phi) is 5.74. The van der Waals surface area contributed by atoms with Gasteiger partial charge in [-0.15, -0.1) is 0 Å². The van der Waals surface area contributed by atoms with Gasteiger partial charge in [0.05, 0.1) is 0 Å². The summed E-state index contributed by atoms with van der Waals surface area (Å²) in [4.78, 5) is 11.4. The van der Waals surface area contributed by atoms with Gasteiger partial charge in [0, 0.05) is 28.8 Å². The Morgan fingerprint density at radius 1 is 1.31 bits per heavy atom. The van der Waals surface area contributed by atoms with Gasteiger partial charge < -0.3 is 10.4 Å². The molecule has 0 aliphatic heterocycles. The van der Waals surface area contributed by atoms with E-state index in [1.807, 2.05) is 18.2 Å². The average molecular weight is 241 g/mol. The van der Waals surface area contributed by atoms with Crippen LogP contribution in [0.25, 0.3) is 0 Å². The molecule has 0 aliphatic rings. The van der Waals surface area contributed by atoms with Crippen LogP contribution >= 0.6 is 0 Å². The minimum absolute atomic E-state index is 0.00600. The van der Waals surface area contributed by atoms with Crippen LogP contribution in [0.1, 0.15) is 6.42 Å². The van der Waals surface area contributed by atoms with Crippen LogP contribution in [-0.4, -0.2) is 33.3 Å². The SMILES string of the molecule is O=C(CS(=O)CCCO)Nc1ccccc1. The van der Waals surface area contributed by atoms with Gasteiger partial charge in [-0.3, -0.25) is 9.00 Å². The van der Waals surface area contributed by atoms with E-state index in [2.05, 4.69) is 5.32 Å². The quantitative estimate of drug-likeness (QED) is 0.772. The summed E-state index contributed by atoms with van der Waals surface area (Å²) in [6.07, 6.45) is 0.464. The van der Waals surface area contributed by atoms with Gasteiger partial charge in [-0.05, 0) is 18.6 Å². The van der Waals surface area contributed by atoms with Gasteiger partial charge in [-0.25, -0.2) is 0 Å². The first kappa shape index (κ1) is 12.9. The lowest BCUT2D eigenvalue weighted by molar-refractivity contribution is -0.113. The molecule has 1 rings (SSSR count). The van der Waals surface area contributed by atoms with E-state index >= 15 is 0 Å². The van der Waals surface area contributed by atoms with E-state index in [0.717, 1.165) is 0 Å². The predicted molar refractivity (Wildman–Crippen MR) is 64.7 cm³/mol. The predicted octanol–water partition coefficient (Wildman–Crippen LogP) is 0.756. The third-order valence-electron chi connectivity index (χ3n) is 1.88. The summed E-state index contributed by atoms with van der Waals surface area (Å²) in [6.45, 7) is 0.00600. The molecule has 1 unspecified atom stereocenters. The van der Waals surface area contributed by atoms with Crippen molar-refractivity contribution in [1.82, 2.24) is 0 Å². The van der Waals surface area contributed by atoms with Crippen molar-refractivity contribution in [2.24, 2.45) is 0 Å². The van der Waals surface area contributed by atoms with Crippen LogP contribution in [0.3, 0.4) is 0 Å². The van der Waals surface area contributed by atoms with Crippen molar-refractivity contribution in [3.05, 3.63) is 30.3 Å². The minimum Gasteiger partial charge on any atom is -0.396 e. The van der Waals surface area contributed by atoms with Gasteiger partial charge in [0.25, 0.3) is 0 Å². The lowest BCUT2D eigenvalue weighted by atomic mass is 10.3. The van der Waals surface area contributed by atoms with Crippen LogP contribution in [0, 0.1) is 0 Å². The zero-order valence-electron chi connectivity index (χ0n) is 8.89. The summed E-state index contributed by atoms with van der Waals surface area (Å²) < 4.78 is 11.3. The van der Waals surface area contributed by atoms with Crippen molar-refractivity contribution >= 4 is 22.4 Å². The van der Waals surface area contributed by atoms with Crippen LogP contribution < -0.4 is 5.32 Å². The Hall–Kier alpha value is -1.20. The second-order valence-corrected chi connectivity index (χ2v) is 4.86. The molecule has 0 saturated carbocycles. The molecule has 0 fully saturated rings. The molecule has 1 aromatic carbocycles. The Labute approximate surface area is 97.1 Å². The van der Waals surface area contributed by atoms with E-state index in [1.165, 1.54) is 0 Å². The number of nitrogens with one attached hydrogen (secondary N) is 1. The van der Waals surface area contributed by atoms with E-state index in [1.54, 1.807) is 12.1 Å². The van der Waals surface area contributed by atoms with Crippen LogP contribution in [0.15, 0.2) is 30.3 Å². The van der Waals surface area contributed by atoms with Gasteiger partial charge in [0.2, 0.25) is 5.91 Å². The normalized spacial score (nSPS) is 12.1. The third-order valence-corrected chi connectivity index (χ3v) is 3.21. The molecule has 1 atom stereocenters. The Balaban J connectivity index is 2.34. The molecule has 0 spiro atoms. The minimum atomic E-state index is -1.20. The fraction of sp³-hybridized carbons (Fsp3) is 0.364. The van der Waals surface area contributed by atoms with Gasteiger partial charge in [0.15, 0.2) is 0 Å². The van der Waals surface area contributed by atoms with Crippen molar-refractivity contribution in [2.45, 2.75) is 6.42 Å². The number of hydrogen-bond acceptors (Lipinski definition) is 3. The third kappa shape index (κ3) is 5.04. The lowest BCUT2D eigenvalue weighted by Crippen LogP contribution is -2.21. The van der Waals surface area contributed by atoms with E-state index in [-0.39, 0.29) is 18.3 Å². The molecule has 0 heterocycles. The maximum atomic E-state index is 11.4. The van der Waals surface area contributed by atoms with E-state index in [9.17, 15) is 9.00 Å². The second-order valence-electron chi connectivity index (χ2n) is 3.28. The van der Waals surface area contributed by atoms with Gasteiger partial charge >= 0.3 is 0 Å². The molecule has 16 heavy (non-hydrogen) atoms. The number of hydrogen-bond donors (Lipinski definition) is 2. The number of carbonyl (C=O) groups is 1. The molecule has 1 amide bonds. The lowest BCUT2D eigenvalue weighted by Gasteiger charge is -2.04. The highest BCUT2D eigenvalue weighted by molar-refractivity contribution is 7.85. The van der Waals surface area contributed by atoms with Crippen LogP contribution in [0.5, 0.6) is 0 Å². The van der Waals surface area contributed by atoms with Crippen molar-refractivity contribution in [3.8, 4) is 0 Å². The highest BCUT2D eigenvalue weighted by atomic mass is 32.2. The highest BCUT2D eigenvalue weighted by Gasteiger charge is 2.07. The number of amides is 1. The fourth-order valence-electron chi connectivity index (χ4n) is 1.16. The number of aliphatic hydroxyl groups excluding tert-OH is 1. The summed E-state index contributed by atoms with van der Waals surface area (Å²) in [5.41, 5.74) is 0.701. The number of benzene rings is 1. The van der Waals surface area contributed by atoms with Crippen molar-refractivity contribution in [2.75, 3.05) is 23.4 Å². The molecule has 88 valence electrons. The number of para-hydroxylation sites is 1. The summed E-state index contributed by atoms with van der Waals surface area (Å²) in [6, 6.07) is 9.04. The zero-order chi connectivity index (χ0) is 11.8. The molecule has 0 bridgehead atoms. The topological polar surface area (TPSA) is 66.4 Å². The molecule has 5 heteroatoms. The molecular weight excluding hydrogens is 226 g/mol. The highest BCUT2D eigenvalue weighted by Crippen LogP contribution is 2.04. The van der Waals surface area contributed by atoms with Crippen molar-refractivity contribution < 1.29 is 14.1 Å². The molecule has 1 aromatic rings.